The summed E-state index contributed by atoms with van der Waals surface area (Å²) >= 11 is 0. The highest BCUT2D eigenvalue weighted by atomic mass is 32.2. The zero-order valence-corrected chi connectivity index (χ0v) is 17.6. The summed E-state index contributed by atoms with van der Waals surface area (Å²) in [7, 11) is -1.54. The number of carboxylic acids is 1. The average molecular weight is 429 g/mol. The quantitative estimate of drug-likeness (QED) is 0.648. The van der Waals surface area contributed by atoms with Gasteiger partial charge in [0.05, 0.1) is 16.5 Å². The van der Waals surface area contributed by atoms with Crippen molar-refractivity contribution in [3.63, 3.8) is 0 Å². The molecule has 30 heavy (non-hydrogen) atoms. The number of rotatable bonds is 8. The molecule has 0 aromatic heterocycles. The second kappa shape index (κ2) is 9.21. The summed E-state index contributed by atoms with van der Waals surface area (Å²) in [6.45, 7) is 4.04. The smallest absolute Gasteiger partial charge is 0.335 e. The Balaban J connectivity index is 1.79. The molecule has 1 amide bonds. The summed E-state index contributed by atoms with van der Waals surface area (Å²) in [4.78, 5) is 37.8. The standard InChI is InChI=1S/C22H23NO6S/c1-3-9-23-18-11-16(7-8-19(18)29-12-20(23)24)21(25)14(2)30(28)13-15-5-4-6-17(10-15)22(26)27/h4-8,10-11,14H,3,9,12-13H2,1-2H3,(H,26,27). The topological polar surface area (TPSA) is 101 Å². The van der Waals surface area contributed by atoms with Crippen molar-refractivity contribution in [1.29, 1.82) is 0 Å². The predicted molar refractivity (Wildman–Crippen MR) is 114 cm³/mol. The second-order valence-electron chi connectivity index (χ2n) is 7.05. The summed E-state index contributed by atoms with van der Waals surface area (Å²) < 4.78 is 18.2. The van der Waals surface area contributed by atoms with E-state index in [1.54, 1.807) is 42.2 Å². The Morgan fingerprint density at radius 2 is 1.97 bits per heavy atom. The van der Waals surface area contributed by atoms with Gasteiger partial charge in [0.2, 0.25) is 0 Å². The van der Waals surface area contributed by atoms with E-state index in [0.717, 1.165) is 6.42 Å². The lowest BCUT2D eigenvalue weighted by Crippen LogP contribution is -2.39. The molecule has 0 fully saturated rings. The van der Waals surface area contributed by atoms with Gasteiger partial charge in [-0.1, -0.05) is 19.1 Å². The van der Waals surface area contributed by atoms with E-state index >= 15 is 0 Å². The number of amides is 1. The van der Waals surface area contributed by atoms with Crippen LogP contribution in [0.5, 0.6) is 5.75 Å². The molecule has 0 saturated carbocycles. The third-order valence-corrected chi connectivity index (χ3v) is 6.50. The highest BCUT2D eigenvalue weighted by molar-refractivity contribution is 7.85. The molecule has 7 nitrogen and oxygen atoms in total. The molecule has 2 unspecified atom stereocenters. The van der Waals surface area contributed by atoms with E-state index < -0.39 is 22.0 Å². The fourth-order valence-corrected chi connectivity index (χ4v) is 4.39. The Bertz CT molecular complexity index is 1020. The van der Waals surface area contributed by atoms with E-state index in [-0.39, 0.29) is 29.6 Å². The fraction of sp³-hybridized carbons (Fsp3) is 0.318. The number of carboxylic acid groups (broad SMARTS) is 1. The minimum Gasteiger partial charge on any atom is -0.482 e. The molecule has 0 radical (unpaired) electrons. The van der Waals surface area contributed by atoms with Crippen molar-refractivity contribution in [2.45, 2.75) is 31.3 Å². The SMILES string of the molecule is CCCN1C(=O)COc2ccc(C(=O)C(C)S(=O)Cc3cccc(C(=O)O)c3)cc21. The van der Waals surface area contributed by atoms with Gasteiger partial charge in [-0.2, -0.15) is 0 Å². The second-order valence-corrected chi connectivity index (χ2v) is 8.81. The first-order chi connectivity index (χ1) is 14.3. The number of anilines is 1. The molecule has 2 atom stereocenters. The van der Waals surface area contributed by atoms with Crippen LogP contribution in [0.25, 0.3) is 0 Å². The van der Waals surface area contributed by atoms with Gasteiger partial charge in [-0.05, 0) is 49.2 Å². The number of ketones is 1. The third kappa shape index (κ3) is 4.59. The van der Waals surface area contributed by atoms with Crippen LogP contribution in [-0.4, -0.2) is 45.4 Å². The van der Waals surface area contributed by atoms with Gasteiger partial charge in [0.25, 0.3) is 5.91 Å². The van der Waals surface area contributed by atoms with Gasteiger partial charge in [-0.3, -0.25) is 13.8 Å². The van der Waals surface area contributed by atoms with Crippen molar-refractivity contribution in [3.05, 3.63) is 59.2 Å². The Hall–Kier alpha value is -3.00. The molecule has 0 spiro atoms. The Morgan fingerprint density at radius 3 is 2.67 bits per heavy atom. The number of hydrogen-bond acceptors (Lipinski definition) is 5. The molecule has 0 aliphatic carbocycles. The van der Waals surface area contributed by atoms with Crippen LogP contribution < -0.4 is 9.64 Å². The van der Waals surface area contributed by atoms with E-state index in [9.17, 15) is 18.6 Å². The number of benzene rings is 2. The number of nitrogens with zero attached hydrogens (tertiary/aromatic N) is 1. The number of Topliss-reactive ketones (excluding diaryl/α,β-unsaturated/α-hetero) is 1. The van der Waals surface area contributed by atoms with Crippen molar-refractivity contribution in [1.82, 2.24) is 0 Å². The van der Waals surface area contributed by atoms with Gasteiger partial charge in [-0.25, -0.2) is 4.79 Å². The van der Waals surface area contributed by atoms with Crippen LogP contribution >= 0.6 is 0 Å². The molecule has 1 aliphatic heterocycles. The van der Waals surface area contributed by atoms with Gasteiger partial charge in [0.15, 0.2) is 12.4 Å². The normalized spacial score (nSPS) is 15.1. The van der Waals surface area contributed by atoms with Gasteiger partial charge in [0.1, 0.15) is 5.75 Å². The van der Waals surface area contributed by atoms with Crippen molar-refractivity contribution < 1.29 is 28.4 Å². The average Bonchev–Trinajstić information content (AvgIpc) is 2.74. The predicted octanol–water partition coefficient (Wildman–Crippen LogP) is 3.04. The lowest BCUT2D eigenvalue weighted by Gasteiger charge is -2.29. The molecule has 1 aliphatic rings. The first kappa shape index (κ1) is 21.7. The molecule has 1 N–H and O–H groups in total. The number of carbonyl (C=O) groups is 3. The van der Waals surface area contributed by atoms with Crippen LogP contribution in [-0.2, 0) is 21.3 Å². The maximum absolute atomic E-state index is 13.0. The van der Waals surface area contributed by atoms with Crippen molar-refractivity contribution in [2.24, 2.45) is 0 Å². The molecule has 158 valence electrons. The van der Waals surface area contributed by atoms with Crippen LogP contribution in [0.3, 0.4) is 0 Å². The van der Waals surface area contributed by atoms with Crippen LogP contribution in [0, 0.1) is 0 Å². The number of fused-ring (bicyclic) bond motifs is 1. The molecule has 0 saturated heterocycles. The van der Waals surface area contributed by atoms with Crippen LogP contribution in [0.1, 0.15) is 46.5 Å². The Kier molecular flexibility index (Phi) is 6.66. The first-order valence-electron chi connectivity index (χ1n) is 9.62. The molecular formula is C22H23NO6S. The molecule has 1 heterocycles. The van der Waals surface area contributed by atoms with Gasteiger partial charge in [-0.15, -0.1) is 0 Å². The number of hydrogen-bond donors (Lipinski definition) is 1. The fourth-order valence-electron chi connectivity index (χ4n) is 3.26. The van der Waals surface area contributed by atoms with Gasteiger partial charge >= 0.3 is 5.97 Å². The van der Waals surface area contributed by atoms with E-state index in [0.29, 0.717) is 29.1 Å². The molecule has 8 heteroatoms. The summed E-state index contributed by atoms with van der Waals surface area (Å²) in [6.07, 6.45) is 0.763. The number of carbonyl (C=O) groups excluding carboxylic acids is 2. The molecule has 2 aromatic carbocycles. The molecule has 2 aromatic rings. The van der Waals surface area contributed by atoms with E-state index in [1.807, 2.05) is 6.92 Å². The first-order valence-corrected chi connectivity index (χ1v) is 11.0. The minimum absolute atomic E-state index is 0.0316. The van der Waals surface area contributed by atoms with Crippen molar-refractivity contribution >= 4 is 34.1 Å². The maximum atomic E-state index is 13.0. The summed E-state index contributed by atoms with van der Waals surface area (Å²) in [6, 6.07) is 11.1. The maximum Gasteiger partial charge on any atom is 0.335 e. The highest BCUT2D eigenvalue weighted by Crippen LogP contribution is 2.33. The van der Waals surface area contributed by atoms with Crippen LogP contribution in [0.2, 0.25) is 0 Å². The van der Waals surface area contributed by atoms with Crippen molar-refractivity contribution in [3.8, 4) is 5.75 Å². The van der Waals surface area contributed by atoms with Gasteiger partial charge < -0.3 is 14.7 Å². The monoisotopic (exact) mass is 429 g/mol. The minimum atomic E-state index is -1.54. The molecule has 3 rings (SSSR count). The zero-order chi connectivity index (χ0) is 21.8. The van der Waals surface area contributed by atoms with E-state index in [4.69, 9.17) is 9.84 Å². The van der Waals surface area contributed by atoms with Crippen LogP contribution in [0.4, 0.5) is 5.69 Å². The molecule has 0 bridgehead atoms. The largest absolute Gasteiger partial charge is 0.482 e. The van der Waals surface area contributed by atoms with E-state index in [2.05, 4.69) is 0 Å². The summed E-state index contributed by atoms with van der Waals surface area (Å²) in [5, 5.41) is 8.30. The van der Waals surface area contributed by atoms with Crippen LogP contribution in [0.15, 0.2) is 42.5 Å². The number of ether oxygens (including phenoxy) is 1. The van der Waals surface area contributed by atoms with Crippen molar-refractivity contribution in [2.75, 3.05) is 18.1 Å². The summed E-state index contributed by atoms with van der Waals surface area (Å²) in [5.41, 5.74) is 1.60. The third-order valence-electron chi connectivity index (χ3n) is 4.88. The zero-order valence-electron chi connectivity index (χ0n) is 16.8. The van der Waals surface area contributed by atoms with Gasteiger partial charge in [0, 0.05) is 28.7 Å². The lowest BCUT2D eigenvalue weighted by molar-refractivity contribution is -0.121. The van der Waals surface area contributed by atoms with E-state index in [1.165, 1.54) is 12.1 Å². The Morgan fingerprint density at radius 1 is 1.20 bits per heavy atom. The molecular weight excluding hydrogens is 406 g/mol. The summed E-state index contributed by atoms with van der Waals surface area (Å²) in [5.74, 6) is -0.917. The highest BCUT2D eigenvalue weighted by Gasteiger charge is 2.28. The number of aromatic carboxylic acids is 1. The Labute approximate surface area is 177 Å². The lowest BCUT2D eigenvalue weighted by atomic mass is 10.1.